The molecule has 80 valence electrons. The number of carbonyl (C=O) groups excluding carboxylic acids is 1. The lowest BCUT2D eigenvalue weighted by Crippen LogP contribution is -2.40. The molecule has 0 aliphatic carbocycles. The number of aliphatic carboxylic acids is 1. The number of carboxylic acid groups (broad SMARTS) is 1. The van der Waals surface area contributed by atoms with Crippen LogP contribution in [-0.2, 0) is 9.59 Å². The molecular weight excluding hydrogens is 182 g/mol. The topological polar surface area (TPSA) is 66.4 Å². The van der Waals surface area contributed by atoms with Gasteiger partial charge in [0.15, 0.2) is 0 Å². The summed E-state index contributed by atoms with van der Waals surface area (Å²) in [5.74, 6) is -1.02. The number of amides is 1. The molecule has 0 saturated heterocycles. The maximum absolute atomic E-state index is 11.2. The molecule has 0 rings (SSSR count). The normalized spacial score (nSPS) is 12.2. The monoisotopic (exact) mass is 199 g/mol. The molecule has 0 aliphatic rings. The van der Waals surface area contributed by atoms with Gasteiger partial charge in [-0.3, -0.25) is 4.79 Å². The lowest BCUT2D eigenvalue weighted by atomic mass is 10.1. The van der Waals surface area contributed by atoms with E-state index < -0.39 is 12.0 Å². The lowest BCUT2D eigenvalue weighted by molar-refractivity contribution is -0.141. The van der Waals surface area contributed by atoms with Gasteiger partial charge in [-0.2, -0.15) is 0 Å². The third kappa shape index (κ3) is 5.35. The molecule has 0 heterocycles. The van der Waals surface area contributed by atoms with Gasteiger partial charge in [-0.05, 0) is 12.3 Å². The molecule has 0 bridgehead atoms. The second-order valence-corrected chi connectivity index (χ2v) is 3.58. The molecule has 1 amide bonds. The molecule has 0 aliphatic heterocycles. The molecule has 0 aromatic rings. The summed E-state index contributed by atoms with van der Waals surface area (Å²) in [6.07, 6.45) is 2.08. The van der Waals surface area contributed by atoms with Gasteiger partial charge in [0.1, 0.15) is 6.04 Å². The van der Waals surface area contributed by atoms with Crippen LogP contribution in [0, 0.1) is 5.92 Å². The standard InChI is InChI=1S/C10H17NO3/c1-4-5-8(10(13)14)11-9(12)6-7(2)3/h4,7-8H,1,5-6H2,2-3H3,(H,11,12)(H,13,14)/t8-/m1/s1. The maximum atomic E-state index is 11.2. The lowest BCUT2D eigenvalue weighted by Gasteiger charge is -2.13. The first-order chi connectivity index (χ1) is 6.47. The molecule has 0 unspecified atom stereocenters. The van der Waals surface area contributed by atoms with Crippen molar-refractivity contribution in [3.63, 3.8) is 0 Å². The number of hydrogen-bond acceptors (Lipinski definition) is 2. The average Bonchev–Trinajstić information content (AvgIpc) is 2.01. The van der Waals surface area contributed by atoms with Crippen LogP contribution in [0.25, 0.3) is 0 Å². The van der Waals surface area contributed by atoms with E-state index in [-0.39, 0.29) is 18.2 Å². The predicted molar refractivity (Wildman–Crippen MR) is 53.8 cm³/mol. The Morgan fingerprint density at radius 2 is 2.07 bits per heavy atom. The van der Waals surface area contributed by atoms with Crippen molar-refractivity contribution in [2.75, 3.05) is 0 Å². The van der Waals surface area contributed by atoms with Crippen molar-refractivity contribution in [1.82, 2.24) is 5.32 Å². The average molecular weight is 199 g/mol. The first kappa shape index (κ1) is 12.7. The summed E-state index contributed by atoms with van der Waals surface area (Å²) in [7, 11) is 0. The van der Waals surface area contributed by atoms with Crippen LogP contribution in [-0.4, -0.2) is 23.0 Å². The number of hydrogen-bond donors (Lipinski definition) is 2. The Balaban J connectivity index is 4.09. The Morgan fingerprint density at radius 3 is 2.43 bits per heavy atom. The van der Waals surface area contributed by atoms with Gasteiger partial charge in [-0.1, -0.05) is 19.9 Å². The summed E-state index contributed by atoms with van der Waals surface area (Å²) >= 11 is 0. The van der Waals surface area contributed by atoms with Crippen molar-refractivity contribution in [3.05, 3.63) is 12.7 Å². The molecule has 0 aromatic carbocycles. The predicted octanol–water partition coefficient (Wildman–Crippen LogP) is 1.18. The largest absolute Gasteiger partial charge is 0.480 e. The Labute approximate surface area is 84.0 Å². The minimum Gasteiger partial charge on any atom is -0.480 e. The quantitative estimate of drug-likeness (QED) is 0.631. The molecule has 0 spiro atoms. The van der Waals surface area contributed by atoms with Crippen LogP contribution in [0.1, 0.15) is 26.7 Å². The van der Waals surface area contributed by atoms with Crippen molar-refractivity contribution < 1.29 is 14.7 Å². The van der Waals surface area contributed by atoms with Crippen LogP contribution in [0.4, 0.5) is 0 Å². The van der Waals surface area contributed by atoms with Gasteiger partial charge in [-0.25, -0.2) is 4.79 Å². The van der Waals surface area contributed by atoms with E-state index in [1.807, 2.05) is 13.8 Å². The molecule has 4 nitrogen and oxygen atoms in total. The molecular formula is C10H17NO3. The molecule has 1 atom stereocenters. The van der Waals surface area contributed by atoms with Crippen LogP contribution in [0.3, 0.4) is 0 Å². The zero-order valence-electron chi connectivity index (χ0n) is 8.62. The van der Waals surface area contributed by atoms with Crippen LogP contribution < -0.4 is 5.32 Å². The number of carbonyl (C=O) groups is 2. The Kier molecular flexibility index (Phi) is 5.60. The fraction of sp³-hybridized carbons (Fsp3) is 0.600. The highest BCUT2D eigenvalue weighted by molar-refractivity contribution is 5.83. The summed E-state index contributed by atoms with van der Waals surface area (Å²) in [5, 5.41) is 11.2. The first-order valence-electron chi connectivity index (χ1n) is 4.60. The van der Waals surface area contributed by atoms with Gasteiger partial charge in [0.05, 0.1) is 0 Å². The second kappa shape index (κ2) is 6.18. The highest BCUT2D eigenvalue weighted by Gasteiger charge is 2.18. The number of nitrogens with one attached hydrogen (secondary N) is 1. The van der Waals surface area contributed by atoms with Gasteiger partial charge in [0, 0.05) is 6.42 Å². The summed E-state index contributed by atoms with van der Waals surface area (Å²) in [4.78, 5) is 21.9. The van der Waals surface area contributed by atoms with E-state index in [0.29, 0.717) is 6.42 Å². The van der Waals surface area contributed by atoms with E-state index in [1.165, 1.54) is 6.08 Å². The van der Waals surface area contributed by atoms with E-state index in [1.54, 1.807) is 0 Å². The summed E-state index contributed by atoms with van der Waals surface area (Å²) in [6, 6.07) is -0.848. The number of carboxylic acids is 1. The van der Waals surface area contributed by atoms with Crippen molar-refractivity contribution in [3.8, 4) is 0 Å². The Bertz CT molecular complexity index is 223. The van der Waals surface area contributed by atoms with E-state index in [0.717, 1.165) is 0 Å². The molecule has 2 N–H and O–H groups in total. The van der Waals surface area contributed by atoms with Crippen LogP contribution >= 0.6 is 0 Å². The SMILES string of the molecule is C=CC[C@@H](NC(=O)CC(C)C)C(=O)O. The van der Waals surface area contributed by atoms with E-state index >= 15 is 0 Å². The van der Waals surface area contributed by atoms with Crippen molar-refractivity contribution in [2.24, 2.45) is 5.92 Å². The zero-order valence-corrected chi connectivity index (χ0v) is 8.62. The third-order valence-corrected chi connectivity index (χ3v) is 1.63. The molecule has 4 heteroatoms. The minimum atomic E-state index is -1.03. The van der Waals surface area contributed by atoms with Crippen LogP contribution in [0.2, 0.25) is 0 Å². The summed E-state index contributed by atoms with van der Waals surface area (Å²) in [5.41, 5.74) is 0. The van der Waals surface area contributed by atoms with Crippen molar-refractivity contribution in [2.45, 2.75) is 32.7 Å². The van der Waals surface area contributed by atoms with Crippen molar-refractivity contribution in [1.29, 1.82) is 0 Å². The molecule has 0 fully saturated rings. The molecule has 14 heavy (non-hydrogen) atoms. The van der Waals surface area contributed by atoms with Crippen molar-refractivity contribution >= 4 is 11.9 Å². The van der Waals surface area contributed by atoms with Gasteiger partial charge < -0.3 is 10.4 Å². The summed E-state index contributed by atoms with van der Waals surface area (Å²) < 4.78 is 0. The molecule has 0 saturated carbocycles. The first-order valence-corrected chi connectivity index (χ1v) is 4.60. The second-order valence-electron chi connectivity index (χ2n) is 3.58. The fourth-order valence-electron chi connectivity index (χ4n) is 1.01. The Morgan fingerprint density at radius 1 is 1.50 bits per heavy atom. The van der Waals surface area contributed by atoms with E-state index in [4.69, 9.17) is 5.11 Å². The Hall–Kier alpha value is -1.32. The third-order valence-electron chi connectivity index (χ3n) is 1.63. The smallest absolute Gasteiger partial charge is 0.326 e. The zero-order chi connectivity index (χ0) is 11.1. The summed E-state index contributed by atoms with van der Waals surface area (Å²) in [6.45, 7) is 7.25. The molecule has 0 radical (unpaired) electrons. The van der Waals surface area contributed by atoms with E-state index in [2.05, 4.69) is 11.9 Å². The minimum absolute atomic E-state index is 0.228. The highest BCUT2D eigenvalue weighted by atomic mass is 16.4. The fourth-order valence-corrected chi connectivity index (χ4v) is 1.01. The van der Waals surface area contributed by atoms with E-state index in [9.17, 15) is 9.59 Å². The maximum Gasteiger partial charge on any atom is 0.326 e. The van der Waals surface area contributed by atoms with Gasteiger partial charge in [0.25, 0.3) is 0 Å². The van der Waals surface area contributed by atoms with Gasteiger partial charge >= 0.3 is 5.97 Å². The van der Waals surface area contributed by atoms with Gasteiger partial charge in [-0.15, -0.1) is 6.58 Å². The molecule has 0 aromatic heterocycles. The van der Waals surface area contributed by atoms with Crippen LogP contribution in [0.15, 0.2) is 12.7 Å². The van der Waals surface area contributed by atoms with Crippen LogP contribution in [0.5, 0.6) is 0 Å². The van der Waals surface area contributed by atoms with Gasteiger partial charge in [0.2, 0.25) is 5.91 Å². The number of rotatable bonds is 6. The highest BCUT2D eigenvalue weighted by Crippen LogP contribution is 2.00.